The van der Waals surface area contributed by atoms with Crippen molar-refractivity contribution in [3.8, 4) is 10.6 Å². The van der Waals surface area contributed by atoms with Crippen LogP contribution in [0.15, 0.2) is 60.1 Å². The summed E-state index contributed by atoms with van der Waals surface area (Å²) in [6.07, 6.45) is 2.96. The van der Waals surface area contributed by atoms with E-state index < -0.39 is 6.04 Å². The number of hydrogen-bond acceptors (Lipinski definition) is 4. The van der Waals surface area contributed by atoms with Crippen LogP contribution in [0.4, 0.5) is 0 Å². The Balaban J connectivity index is 1.39. The Hall–Kier alpha value is -3.45. The third-order valence-electron chi connectivity index (χ3n) is 5.79. The van der Waals surface area contributed by atoms with Gasteiger partial charge in [0, 0.05) is 53.3 Å². The second kappa shape index (κ2) is 10.7. The Morgan fingerprint density at radius 3 is 2.59 bits per heavy atom. The van der Waals surface area contributed by atoms with E-state index in [0.717, 1.165) is 32.7 Å². The smallest absolute Gasteiger partial charge is 0.242 e. The molecule has 0 radical (unpaired) electrons. The molecule has 1 unspecified atom stereocenters. The van der Waals surface area contributed by atoms with Gasteiger partial charge in [0.05, 0.1) is 5.69 Å². The Morgan fingerprint density at radius 1 is 1.06 bits per heavy atom. The lowest BCUT2D eigenvalue weighted by atomic mass is 10.0. The van der Waals surface area contributed by atoms with E-state index in [0.29, 0.717) is 19.4 Å². The number of hydrogen-bond donors (Lipinski definition) is 3. The lowest BCUT2D eigenvalue weighted by Crippen LogP contribution is -2.49. The molecule has 0 aliphatic heterocycles. The number of carbonyl (C=O) groups is 2. The maximum Gasteiger partial charge on any atom is 0.242 e. The fourth-order valence-corrected chi connectivity index (χ4v) is 4.62. The van der Waals surface area contributed by atoms with E-state index in [4.69, 9.17) is 4.98 Å². The van der Waals surface area contributed by atoms with Crippen molar-refractivity contribution in [1.82, 2.24) is 20.6 Å². The summed E-state index contributed by atoms with van der Waals surface area (Å²) in [5, 5.41) is 9.98. The molecule has 2 aromatic carbocycles. The zero-order chi connectivity index (χ0) is 24.1. The van der Waals surface area contributed by atoms with Gasteiger partial charge in [-0.25, -0.2) is 4.98 Å². The number of aryl methyl sites for hydroxylation is 1. The van der Waals surface area contributed by atoms with Crippen LogP contribution in [0.1, 0.15) is 30.7 Å². The van der Waals surface area contributed by atoms with Gasteiger partial charge in [0.15, 0.2) is 0 Å². The van der Waals surface area contributed by atoms with E-state index in [1.807, 2.05) is 49.7 Å². The molecule has 34 heavy (non-hydrogen) atoms. The molecule has 0 spiro atoms. The highest BCUT2D eigenvalue weighted by Gasteiger charge is 2.23. The second-order valence-corrected chi connectivity index (χ2v) is 9.69. The number of amides is 2. The van der Waals surface area contributed by atoms with E-state index in [9.17, 15) is 9.59 Å². The van der Waals surface area contributed by atoms with Gasteiger partial charge in [-0.1, -0.05) is 61.9 Å². The predicted octanol–water partition coefficient (Wildman–Crippen LogP) is 4.64. The quantitative estimate of drug-likeness (QED) is 0.330. The molecule has 7 heteroatoms. The van der Waals surface area contributed by atoms with E-state index in [1.54, 1.807) is 11.3 Å². The van der Waals surface area contributed by atoms with Gasteiger partial charge in [-0.3, -0.25) is 9.59 Å². The summed E-state index contributed by atoms with van der Waals surface area (Å²) in [6.45, 7) is 6.17. The number of carbonyl (C=O) groups excluding carboxylic acids is 2. The SMILES string of the molecule is Cc1ccc(-c2nc(CCNC(=O)C(Cc3c[nH]c4ccccc34)NC(=O)C(C)C)cs2)cc1. The number of aromatic amines is 1. The van der Waals surface area contributed by atoms with Gasteiger partial charge in [0.25, 0.3) is 0 Å². The number of nitrogens with zero attached hydrogens (tertiary/aromatic N) is 1. The molecule has 0 bridgehead atoms. The van der Waals surface area contributed by atoms with E-state index in [-0.39, 0.29) is 17.7 Å². The molecule has 6 nitrogen and oxygen atoms in total. The molecule has 2 amide bonds. The second-order valence-electron chi connectivity index (χ2n) is 8.83. The number of para-hydroxylation sites is 1. The van der Waals surface area contributed by atoms with Gasteiger partial charge in [-0.05, 0) is 18.6 Å². The number of fused-ring (bicyclic) bond motifs is 1. The van der Waals surface area contributed by atoms with Crippen LogP contribution in [0, 0.1) is 12.8 Å². The number of thiazole rings is 1. The number of aromatic nitrogens is 2. The first kappa shape index (κ1) is 23.7. The average molecular weight is 475 g/mol. The fourth-order valence-electron chi connectivity index (χ4n) is 3.76. The lowest BCUT2D eigenvalue weighted by Gasteiger charge is -2.19. The monoisotopic (exact) mass is 474 g/mol. The number of nitrogens with one attached hydrogen (secondary N) is 3. The van der Waals surface area contributed by atoms with Gasteiger partial charge in [-0.15, -0.1) is 11.3 Å². The lowest BCUT2D eigenvalue weighted by molar-refractivity contribution is -0.130. The van der Waals surface area contributed by atoms with Crippen LogP contribution in [-0.4, -0.2) is 34.4 Å². The van der Waals surface area contributed by atoms with Gasteiger partial charge >= 0.3 is 0 Å². The van der Waals surface area contributed by atoms with Crippen LogP contribution in [0.5, 0.6) is 0 Å². The molecule has 3 N–H and O–H groups in total. The predicted molar refractivity (Wildman–Crippen MR) is 138 cm³/mol. The molecule has 4 rings (SSSR count). The number of rotatable bonds is 9. The minimum atomic E-state index is -0.646. The Labute approximate surface area is 203 Å². The first-order chi connectivity index (χ1) is 16.4. The fraction of sp³-hybridized carbons (Fsp3) is 0.296. The van der Waals surface area contributed by atoms with Crippen molar-refractivity contribution in [2.24, 2.45) is 5.92 Å². The minimum absolute atomic E-state index is 0.137. The summed E-state index contributed by atoms with van der Waals surface area (Å²) in [5.41, 5.74) is 5.28. The summed E-state index contributed by atoms with van der Waals surface area (Å²) in [5.74, 6) is -0.524. The van der Waals surface area contributed by atoms with E-state index in [1.165, 1.54) is 5.56 Å². The Morgan fingerprint density at radius 2 is 1.82 bits per heavy atom. The van der Waals surface area contributed by atoms with E-state index in [2.05, 4.69) is 46.8 Å². The number of H-pyrrole nitrogens is 1. The molecule has 176 valence electrons. The highest BCUT2D eigenvalue weighted by Crippen LogP contribution is 2.24. The van der Waals surface area contributed by atoms with Gasteiger partial charge in [0.1, 0.15) is 11.0 Å². The van der Waals surface area contributed by atoms with Crippen molar-refractivity contribution in [1.29, 1.82) is 0 Å². The van der Waals surface area contributed by atoms with Crippen LogP contribution in [-0.2, 0) is 22.4 Å². The highest BCUT2D eigenvalue weighted by atomic mass is 32.1. The average Bonchev–Trinajstić information content (AvgIpc) is 3.46. The summed E-state index contributed by atoms with van der Waals surface area (Å²) in [6, 6.07) is 15.6. The maximum absolute atomic E-state index is 13.1. The van der Waals surface area contributed by atoms with E-state index >= 15 is 0 Å². The molecule has 2 aromatic heterocycles. The third kappa shape index (κ3) is 5.72. The normalized spacial score (nSPS) is 12.1. The van der Waals surface area contributed by atoms with Gasteiger partial charge < -0.3 is 15.6 Å². The minimum Gasteiger partial charge on any atom is -0.361 e. The van der Waals surface area contributed by atoms with Crippen molar-refractivity contribution in [2.45, 2.75) is 39.7 Å². The molecule has 0 saturated carbocycles. The van der Waals surface area contributed by atoms with Crippen LogP contribution in [0.25, 0.3) is 21.5 Å². The molecular weight excluding hydrogens is 444 g/mol. The first-order valence-electron chi connectivity index (χ1n) is 11.5. The van der Waals surface area contributed by atoms with Crippen molar-refractivity contribution >= 4 is 34.1 Å². The van der Waals surface area contributed by atoms with Crippen molar-refractivity contribution in [3.05, 3.63) is 76.9 Å². The number of benzene rings is 2. The molecule has 4 aromatic rings. The summed E-state index contributed by atoms with van der Waals surface area (Å²) in [4.78, 5) is 33.4. The molecule has 0 fully saturated rings. The van der Waals surface area contributed by atoms with Crippen LogP contribution in [0.2, 0.25) is 0 Å². The summed E-state index contributed by atoms with van der Waals surface area (Å²) >= 11 is 1.60. The van der Waals surface area contributed by atoms with Crippen molar-refractivity contribution in [3.63, 3.8) is 0 Å². The third-order valence-corrected chi connectivity index (χ3v) is 6.73. The van der Waals surface area contributed by atoms with Gasteiger partial charge in [-0.2, -0.15) is 0 Å². The molecular formula is C27H30N4O2S. The molecule has 1 atom stereocenters. The topological polar surface area (TPSA) is 86.9 Å². The Bertz CT molecular complexity index is 1270. The highest BCUT2D eigenvalue weighted by molar-refractivity contribution is 7.13. The Kier molecular flexibility index (Phi) is 7.43. The standard InChI is InChI=1S/C27H30N4O2S/c1-17(2)25(32)31-24(14-20-15-29-23-7-5-4-6-22(20)23)26(33)28-13-12-21-16-34-27(30-21)19-10-8-18(3)9-11-19/h4-11,15-17,24,29H,12-14H2,1-3H3,(H,28,33)(H,31,32). The molecule has 2 heterocycles. The zero-order valence-electron chi connectivity index (χ0n) is 19.7. The maximum atomic E-state index is 13.1. The first-order valence-corrected chi connectivity index (χ1v) is 12.4. The van der Waals surface area contributed by atoms with Crippen LogP contribution in [0.3, 0.4) is 0 Å². The molecule has 0 saturated heterocycles. The van der Waals surface area contributed by atoms with Crippen LogP contribution < -0.4 is 10.6 Å². The summed E-state index contributed by atoms with van der Waals surface area (Å²) in [7, 11) is 0. The van der Waals surface area contributed by atoms with Gasteiger partial charge in [0.2, 0.25) is 11.8 Å². The van der Waals surface area contributed by atoms with Crippen molar-refractivity contribution in [2.75, 3.05) is 6.54 Å². The largest absolute Gasteiger partial charge is 0.361 e. The summed E-state index contributed by atoms with van der Waals surface area (Å²) < 4.78 is 0. The molecule has 0 aliphatic carbocycles. The van der Waals surface area contributed by atoms with Crippen LogP contribution >= 0.6 is 11.3 Å². The molecule has 0 aliphatic rings. The zero-order valence-corrected chi connectivity index (χ0v) is 20.5. The van der Waals surface area contributed by atoms with Crippen molar-refractivity contribution < 1.29 is 9.59 Å².